The van der Waals surface area contributed by atoms with Gasteiger partial charge in [-0.1, -0.05) is 37.6 Å². The van der Waals surface area contributed by atoms with Crippen molar-refractivity contribution in [2.75, 3.05) is 5.32 Å². The topological polar surface area (TPSA) is 24.9 Å². The van der Waals surface area contributed by atoms with Crippen LogP contribution in [0.2, 0.25) is 0 Å². The number of aryl methyl sites for hydroxylation is 1. The van der Waals surface area contributed by atoms with Gasteiger partial charge in [0.1, 0.15) is 5.82 Å². The molecule has 4 heteroatoms. The number of nitrogens with one attached hydrogen (secondary N) is 1. The van der Waals surface area contributed by atoms with Crippen molar-refractivity contribution in [3.05, 3.63) is 65.3 Å². The summed E-state index contributed by atoms with van der Waals surface area (Å²) in [6.07, 6.45) is 2.26. The fraction of sp³-hybridized carbons (Fsp3) is 0.167. The summed E-state index contributed by atoms with van der Waals surface area (Å²) in [5.41, 5.74) is 4.26. The summed E-state index contributed by atoms with van der Waals surface area (Å²) in [5, 5.41) is 6.03. The maximum Gasteiger partial charge on any atom is 0.187 e. The normalized spacial score (nSPS) is 10.6. The molecular formula is C18H17FN2S. The van der Waals surface area contributed by atoms with Crippen molar-refractivity contribution in [3.63, 3.8) is 0 Å². The van der Waals surface area contributed by atoms with E-state index in [1.165, 1.54) is 17.7 Å². The third kappa shape index (κ3) is 3.52. The number of halogens is 1. The van der Waals surface area contributed by atoms with E-state index in [-0.39, 0.29) is 5.82 Å². The molecule has 1 heterocycles. The molecule has 0 aliphatic rings. The summed E-state index contributed by atoms with van der Waals surface area (Å²) < 4.78 is 12.9. The van der Waals surface area contributed by atoms with E-state index in [9.17, 15) is 4.39 Å². The zero-order chi connectivity index (χ0) is 15.4. The Kier molecular flexibility index (Phi) is 4.49. The van der Waals surface area contributed by atoms with Gasteiger partial charge in [0.15, 0.2) is 5.13 Å². The summed E-state index contributed by atoms with van der Waals surface area (Å²) in [4.78, 5) is 4.59. The second-order valence-electron chi connectivity index (χ2n) is 5.12. The van der Waals surface area contributed by atoms with Crippen LogP contribution in [0.4, 0.5) is 15.2 Å². The molecule has 0 aliphatic heterocycles. The molecule has 3 rings (SSSR count). The van der Waals surface area contributed by atoms with E-state index in [4.69, 9.17) is 0 Å². The minimum Gasteiger partial charge on any atom is -0.332 e. The number of thiazole rings is 1. The van der Waals surface area contributed by atoms with Crippen molar-refractivity contribution < 1.29 is 4.39 Å². The molecule has 2 aromatic carbocycles. The van der Waals surface area contributed by atoms with Gasteiger partial charge in [-0.2, -0.15) is 0 Å². The maximum atomic E-state index is 12.9. The molecule has 2 nitrogen and oxygen atoms in total. The van der Waals surface area contributed by atoms with Crippen molar-refractivity contribution in [2.24, 2.45) is 0 Å². The van der Waals surface area contributed by atoms with Crippen LogP contribution in [0.5, 0.6) is 0 Å². The summed E-state index contributed by atoms with van der Waals surface area (Å²) in [6, 6.07) is 14.8. The predicted octanol–water partition coefficient (Wildman–Crippen LogP) is 5.65. The highest BCUT2D eigenvalue weighted by molar-refractivity contribution is 7.14. The van der Waals surface area contributed by atoms with Crippen LogP contribution in [-0.4, -0.2) is 4.98 Å². The molecule has 0 unspecified atom stereocenters. The summed E-state index contributed by atoms with van der Waals surface area (Å²) in [5.74, 6) is -0.238. The van der Waals surface area contributed by atoms with Gasteiger partial charge in [-0.25, -0.2) is 9.37 Å². The van der Waals surface area contributed by atoms with Gasteiger partial charge >= 0.3 is 0 Å². The minimum atomic E-state index is -0.238. The third-order valence-electron chi connectivity index (χ3n) is 3.39. The molecule has 0 saturated carbocycles. The quantitative estimate of drug-likeness (QED) is 0.659. The summed E-state index contributed by atoms with van der Waals surface area (Å²) in [7, 11) is 0. The number of benzene rings is 2. The largest absolute Gasteiger partial charge is 0.332 e. The van der Waals surface area contributed by atoms with Gasteiger partial charge in [0.25, 0.3) is 0 Å². The van der Waals surface area contributed by atoms with Crippen molar-refractivity contribution in [3.8, 4) is 11.3 Å². The van der Waals surface area contributed by atoms with Gasteiger partial charge in [0.05, 0.1) is 5.69 Å². The Morgan fingerprint density at radius 1 is 1.05 bits per heavy atom. The number of anilines is 2. The zero-order valence-electron chi connectivity index (χ0n) is 12.3. The van der Waals surface area contributed by atoms with E-state index in [2.05, 4.69) is 41.5 Å². The van der Waals surface area contributed by atoms with E-state index >= 15 is 0 Å². The van der Waals surface area contributed by atoms with E-state index in [0.29, 0.717) is 0 Å². The molecule has 0 bridgehead atoms. The Morgan fingerprint density at radius 2 is 1.77 bits per heavy atom. The number of aromatic nitrogens is 1. The minimum absolute atomic E-state index is 0.238. The first kappa shape index (κ1) is 14.7. The average molecular weight is 312 g/mol. The van der Waals surface area contributed by atoms with Crippen molar-refractivity contribution in [1.29, 1.82) is 0 Å². The molecule has 1 N–H and O–H groups in total. The van der Waals surface area contributed by atoms with Gasteiger partial charge < -0.3 is 5.32 Å². The van der Waals surface area contributed by atoms with Crippen molar-refractivity contribution in [2.45, 2.75) is 19.8 Å². The standard InChI is InChI=1S/C18H17FN2S/c1-2-3-13-4-6-14(7-5-13)17-12-22-18(21-17)20-16-10-8-15(19)9-11-16/h4-12H,2-3H2,1H3,(H,20,21). The van der Waals surface area contributed by atoms with Crippen molar-refractivity contribution >= 4 is 22.2 Å². The van der Waals surface area contributed by atoms with Crippen LogP contribution in [0.3, 0.4) is 0 Å². The first-order valence-electron chi connectivity index (χ1n) is 7.32. The average Bonchev–Trinajstić information content (AvgIpc) is 2.99. The molecule has 22 heavy (non-hydrogen) atoms. The Labute approximate surface area is 133 Å². The lowest BCUT2D eigenvalue weighted by Crippen LogP contribution is -1.89. The zero-order valence-corrected chi connectivity index (χ0v) is 13.2. The summed E-state index contributed by atoms with van der Waals surface area (Å²) in [6.45, 7) is 2.18. The van der Waals surface area contributed by atoms with Crippen LogP contribution < -0.4 is 5.32 Å². The van der Waals surface area contributed by atoms with Gasteiger partial charge in [0.2, 0.25) is 0 Å². The third-order valence-corrected chi connectivity index (χ3v) is 4.15. The molecule has 0 amide bonds. The first-order valence-corrected chi connectivity index (χ1v) is 8.20. The van der Waals surface area contributed by atoms with Crippen LogP contribution in [0.15, 0.2) is 53.9 Å². The van der Waals surface area contributed by atoms with Crippen LogP contribution in [-0.2, 0) is 6.42 Å². The Hall–Kier alpha value is -2.20. The Balaban J connectivity index is 1.74. The Morgan fingerprint density at radius 3 is 2.45 bits per heavy atom. The van der Waals surface area contributed by atoms with Gasteiger partial charge in [0, 0.05) is 16.6 Å². The van der Waals surface area contributed by atoms with Crippen LogP contribution in [0.25, 0.3) is 11.3 Å². The van der Waals surface area contributed by atoms with E-state index in [1.807, 2.05) is 5.38 Å². The second-order valence-corrected chi connectivity index (χ2v) is 5.97. The number of rotatable bonds is 5. The van der Waals surface area contributed by atoms with E-state index in [0.717, 1.165) is 34.9 Å². The smallest absolute Gasteiger partial charge is 0.187 e. The molecule has 0 saturated heterocycles. The molecule has 0 atom stereocenters. The molecule has 0 radical (unpaired) electrons. The van der Waals surface area contributed by atoms with Gasteiger partial charge in [-0.05, 0) is 36.2 Å². The van der Waals surface area contributed by atoms with Crippen LogP contribution in [0.1, 0.15) is 18.9 Å². The fourth-order valence-corrected chi connectivity index (χ4v) is 2.99. The highest BCUT2D eigenvalue weighted by Crippen LogP contribution is 2.27. The lowest BCUT2D eigenvalue weighted by Gasteiger charge is -2.02. The van der Waals surface area contributed by atoms with Crippen LogP contribution >= 0.6 is 11.3 Å². The molecular weight excluding hydrogens is 295 g/mol. The van der Waals surface area contributed by atoms with Crippen LogP contribution in [0, 0.1) is 5.82 Å². The molecule has 0 fully saturated rings. The molecule has 0 aliphatic carbocycles. The van der Waals surface area contributed by atoms with Gasteiger partial charge in [-0.15, -0.1) is 11.3 Å². The van der Waals surface area contributed by atoms with E-state index < -0.39 is 0 Å². The number of hydrogen-bond acceptors (Lipinski definition) is 3. The number of nitrogens with zero attached hydrogens (tertiary/aromatic N) is 1. The molecule has 3 aromatic rings. The SMILES string of the molecule is CCCc1ccc(-c2csc(Nc3ccc(F)cc3)n2)cc1. The predicted molar refractivity (Wildman–Crippen MR) is 91.2 cm³/mol. The first-order chi connectivity index (χ1) is 10.7. The molecule has 1 aromatic heterocycles. The fourth-order valence-electron chi connectivity index (χ4n) is 2.25. The lowest BCUT2D eigenvalue weighted by atomic mass is 10.1. The lowest BCUT2D eigenvalue weighted by molar-refractivity contribution is 0.628. The van der Waals surface area contributed by atoms with Crippen molar-refractivity contribution in [1.82, 2.24) is 4.98 Å². The molecule has 0 spiro atoms. The van der Waals surface area contributed by atoms with E-state index in [1.54, 1.807) is 23.5 Å². The second kappa shape index (κ2) is 6.71. The Bertz CT molecular complexity index is 733. The highest BCUT2D eigenvalue weighted by Gasteiger charge is 2.05. The van der Waals surface area contributed by atoms with Gasteiger partial charge in [-0.3, -0.25) is 0 Å². The monoisotopic (exact) mass is 312 g/mol. The summed E-state index contributed by atoms with van der Waals surface area (Å²) >= 11 is 1.54. The molecule has 112 valence electrons. The highest BCUT2D eigenvalue weighted by atomic mass is 32.1. The number of hydrogen-bond donors (Lipinski definition) is 1. The maximum absolute atomic E-state index is 12.9.